The maximum Gasteiger partial charge on any atom is 0.328 e. The van der Waals surface area contributed by atoms with Crippen LogP contribution in [0.2, 0.25) is 0 Å². The minimum Gasteiger partial charge on any atom is -0.480 e. The number of benzene rings is 1. The molecule has 1 atom stereocenters. The summed E-state index contributed by atoms with van der Waals surface area (Å²) in [6.45, 7) is 2.47. The fraction of sp³-hybridized carbons (Fsp3) is 0.385. The number of carbonyl (C=O) groups is 1. The van der Waals surface area contributed by atoms with E-state index in [-0.39, 0.29) is 0 Å². The Kier molecular flexibility index (Phi) is 4.61. The van der Waals surface area contributed by atoms with Crippen LogP contribution in [0.15, 0.2) is 30.6 Å². The molecule has 1 heterocycles. The molecule has 0 saturated heterocycles. The minimum absolute atomic E-state index is 0.425. The van der Waals surface area contributed by atoms with E-state index in [0.717, 1.165) is 0 Å². The molecule has 0 spiro atoms. The van der Waals surface area contributed by atoms with Gasteiger partial charge in [-0.05, 0) is 35.0 Å². The van der Waals surface area contributed by atoms with Crippen molar-refractivity contribution in [3.05, 3.63) is 36.2 Å². The van der Waals surface area contributed by atoms with Gasteiger partial charge in [0.1, 0.15) is 11.9 Å². The molecule has 0 aliphatic rings. The molecule has 0 bridgehead atoms. The predicted octanol–water partition coefficient (Wildman–Crippen LogP) is 0.198. The lowest BCUT2D eigenvalue weighted by atomic mass is 9.91. The first-order chi connectivity index (χ1) is 10.1. The van der Waals surface area contributed by atoms with Crippen molar-refractivity contribution >= 4 is 5.97 Å². The van der Waals surface area contributed by atoms with Gasteiger partial charge in [-0.2, -0.15) is 0 Å². The van der Waals surface area contributed by atoms with Gasteiger partial charge in [0, 0.05) is 13.7 Å². The summed E-state index contributed by atoms with van der Waals surface area (Å²) >= 11 is 0. The zero-order chi connectivity index (χ0) is 15.3. The van der Waals surface area contributed by atoms with E-state index in [1.54, 1.807) is 38.3 Å². The van der Waals surface area contributed by atoms with Gasteiger partial charge in [-0.3, -0.25) is 5.32 Å². The van der Waals surface area contributed by atoms with E-state index >= 15 is 0 Å². The summed E-state index contributed by atoms with van der Waals surface area (Å²) in [5, 5.41) is 23.5. The SMILES string of the molecule is COCCNC(C)(C(=O)O)c1cccc(-n2cnnn2)c1. The third kappa shape index (κ3) is 3.23. The van der Waals surface area contributed by atoms with Crippen LogP contribution in [0.25, 0.3) is 5.69 Å². The van der Waals surface area contributed by atoms with E-state index in [9.17, 15) is 9.90 Å². The lowest BCUT2D eigenvalue weighted by Gasteiger charge is -2.27. The minimum atomic E-state index is -1.22. The highest BCUT2D eigenvalue weighted by Gasteiger charge is 2.34. The van der Waals surface area contributed by atoms with E-state index in [1.165, 1.54) is 11.0 Å². The summed E-state index contributed by atoms with van der Waals surface area (Å²) < 4.78 is 6.42. The number of carboxylic acids is 1. The number of carboxylic acid groups (broad SMARTS) is 1. The second-order valence-corrected chi connectivity index (χ2v) is 4.65. The highest BCUT2D eigenvalue weighted by atomic mass is 16.5. The van der Waals surface area contributed by atoms with E-state index in [0.29, 0.717) is 24.4 Å². The first-order valence-corrected chi connectivity index (χ1v) is 6.39. The van der Waals surface area contributed by atoms with Gasteiger partial charge < -0.3 is 9.84 Å². The number of rotatable bonds is 7. The van der Waals surface area contributed by atoms with Crippen molar-refractivity contribution in [1.29, 1.82) is 0 Å². The van der Waals surface area contributed by atoms with Crippen LogP contribution in [-0.4, -0.2) is 51.5 Å². The van der Waals surface area contributed by atoms with Crippen molar-refractivity contribution in [2.24, 2.45) is 0 Å². The molecule has 8 heteroatoms. The topological polar surface area (TPSA) is 102 Å². The second-order valence-electron chi connectivity index (χ2n) is 4.65. The van der Waals surface area contributed by atoms with Gasteiger partial charge in [0.2, 0.25) is 0 Å². The summed E-state index contributed by atoms with van der Waals surface area (Å²) in [6.07, 6.45) is 1.45. The Morgan fingerprint density at radius 3 is 2.95 bits per heavy atom. The molecule has 0 saturated carbocycles. The highest BCUT2D eigenvalue weighted by Crippen LogP contribution is 2.23. The summed E-state index contributed by atoms with van der Waals surface area (Å²) in [6, 6.07) is 7.06. The standard InChI is InChI=1S/C13H17N5O3/c1-13(12(19)20,14-6-7-21-2)10-4-3-5-11(8-10)18-9-15-16-17-18/h3-5,8-9,14H,6-7H2,1-2H3,(H,19,20). The van der Waals surface area contributed by atoms with Gasteiger partial charge in [-0.1, -0.05) is 12.1 Å². The Morgan fingerprint density at radius 2 is 2.33 bits per heavy atom. The normalized spacial score (nSPS) is 13.8. The quantitative estimate of drug-likeness (QED) is 0.702. The van der Waals surface area contributed by atoms with E-state index < -0.39 is 11.5 Å². The summed E-state index contributed by atoms with van der Waals surface area (Å²) in [7, 11) is 1.57. The molecule has 0 aliphatic carbocycles. The van der Waals surface area contributed by atoms with Gasteiger partial charge in [-0.15, -0.1) is 5.10 Å². The fourth-order valence-electron chi connectivity index (χ4n) is 1.94. The third-order valence-electron chi connectivity index (χ3n) is 3.25. The van der Waals surface area contributed by atoms with Gasteiger partial charge >= 0.3 is 5.97 Å². The Balaban J connectivity index is 2.32. The maximum absolute atomic E-state index is 11.7. The Labute approximate surface area is 121 Å². The number of tetrazole rings is 1. The lowest BCUT2D eigenvalue weighted by Crippen LogP contribution is -2.47. The van der Waals surface area contributed by atoms with Crippen LogP contribution in [0, 0.1) is 0 Å². The molecule has 2 N–H and O–H groups in total. The number of ether oxygens (including phenoxy) is 1. The smallest absolute Gasteiger partial charge is 0.328 e. The molecule has 1 aromatic heterocycles. The van der Waals surface area contributed by atoms with Gasteiger partial charge in [0.15, 0.2) is 0 Å². The molecule has 1 unspecified atom stereocenters. The van der Waals surface area contributed by atoms with Crippen LogP contribution in [-0.2, 0) is 15.1 Å². The van der Waals surface area contributed by atoms with Crippen LogP contribution in [0.1, 0.15) is 12.5 Å². The number of aliphatic carboxylic acids is 1. The Bertz CT molecular complexity index is 602. The number of nitrogens with zero attached hydrogens (tertiary/aromatic N) is 4. The number of methoxy groups -OCH3 is 1. The number of aromatic nitrogens is 4. The van der Waals surface area contributed by atoms with Gasteiger partial charge in [0.25, 0.3) is 0 Å². The predicted molar refractivity (Wildman–Crippen MR) is 74.0 cm³/mol. The van der Waals surface area contributed by atoms with Gasteiger partial charge in [-0.25, -0.2) is 9.48 Å². The molecule has 2 rings (SSSR count). The molecular formula is C13H17N5O3. The van der Waals surface area contributed by atoms with Crippen molar-refractivity contribution in [3.8, 4) is 5.69 Å². The third-order valence-corrected chi connectivity index (χ3v) is 3.25. The zero-order valence-corrected chi connectivity index (χ0v) is 11.9. The largest absolute Gasteiger partial charge is 0.480 e. The molecule has 0 aliphatic heterocycles. The van der Waals surface area contributed by atoms with E-state index in [4.69, 9.17) is 4.74 Å². The molecule has 2 aromatic rings. The number of hydrogen-bond donors (Lipinski definition) is 2. The monoisotopic (exact) mass is 291 g/mol. The van der Waals surface area contributed by atoms with Crippen LogP contribution < -0.4 is 5.32 Å². The molecular weight excluding hydrogens is 274 g/mol. The molecule has 0 fully saturated rings. The van der Waals surface area contributed by atoms with Crippen molar-refractivity contribution in [2.45, 2.75) is 12.5 Å². The van der Waals surface area contributed by atoms with Crippen molar-refractivity contribution in [1.82, 2.24) is 25.5 Å². The first-order valence-electron chi connectivity index (χ1n) is 6.39. The second kappa shape index (κ2) is 6.42. The zero-order valence-electron chi connectivity index (χ0n) is 11.9. The molecule has 8 nitrogen and oxygen atoms in total. The van der Waals surface area contributed by atoms with Crippen LogP contribution in [0.3, 0.4) is 0 Å². The molecule has 112 valence electrons. The van der Waals surface area contributed by atoms with Crippen molar-refractivity contribution in [3.63, 3.8) is 0 Å². The number of hydrogen-bond acceptors (Lipinski definition) is 6. The molecule has 21 heavy (non-hydrogen) atoms. The average Bonchev–Trinajstić information content (AvgIpc) is 3.01. The van der Waals surface area contributed by atoms with Crippen LogP contribution in [0.4, 0.5) is 0 Å². The Morgan fingerprint density at radius 1 is 1.52 bits per heavy atom. The highest BCUT2D eigenvalue weighted by molar-refractivity contribution is 5.80. The lowest BCUT2D eigenvalue weighted by molar-refractivity contribution is -0.144. The first kappa shape index (κ1) is 15.1. The van der Waals surface area contributed by atoms with Gasteiger partial charge in [0.05, 0.1) is 12.3 Å². The summed E-state index contributed by atoms with van der Waals surface area (Å²) in [4.78, 5) is 11.7. The molecule has 1 aromatic carbocycles. The molecule has 0 amide bonds. The summed E-state index contributed by atoms with van der Waals surface area (Å²) in [5.41, 5.74) is 0.0837. The number of nitrogens with one attached hydrogen (secondary N) is 1. The Hall–Kier alpha value is -2.32. The summed E-state index contributed by atoms with van der Waals surface area (Å²) in [5.74, 6) is -0.965. The maximum atomic E-state index is 11.7. The van der Waals surface area contributed by atoms with Crippen LogP contribution >= 0.6 is 0 Å². The van der Waals surface area contributed by atoms with E-state index in [1.807, 2.05) is 0 Å². The fourth-order valence-corrected chi connectivity index (χ4v) is 1.94. The van der Waals surface area contributed by atoms with Crippen LogP contribution in [0.5, 0.6) is 0 Å². The molecule has 0 radical (unpaired) electrons. The average molecular weight is 291 g/mol. The van der Waals surface area contributed by atoms with Crippen molar-refractivity contribution < 1.29 is 14.6 Å². The van der Waals surface area contributed by atoms with E-state index in [2.05, 4.69) is 20.8 Å². The van der Waals surface area contributed by atoms with Crippen molar-refractivity contribution in [2.75, 3.05) is 20.3 Å².